The standard InChI is InChI=1S/C17H23FN4O2/c1-13(16(23)21-6-2-3-7-21)20-8-10-22(11-9-20)17(24)14-4-5-19-12-15(14)18/h4-5,12-13H,2-3,6-11H2,1H3/t13-/m0/s1. The van der Waals surface area contributed by atoms with E-state index in [4.69, 9.17) is 0 Å². The van der Waals surface area contributed by atoms with Crippen LogP contribution < -0.4 is 0 Å². The Bertz CT molecular complexity index is 610. The minimum absolute atomic E-state index is 0.0552. The fourth-order valence-electron chi connectivity index (χ4n) is 3.39. The van der Waals surface area contributed by atoms with Gasteiger partial charge in [-0.3, -0.25) is 19.5 Å². The highest BCUT2D eigenvalue weighted by molar-refractivity contribution is 5.94. The molecule has 1 aromatic heterocycles. The lowest BCUT2D eigenvalue weighted by Gasteiger charge is -2.38. The Morgan fingerprint density at radius 1 is 1.08 bits per heavy atom. The first kappa shape index (κ1) is 16.8. The van der Waals surface area contributed by atoms with Crippen LogP contribution in [-0.4, -0.2) is 76.8 Å². The van der Waals surface area contributed by atoms with Crippen LogP contribution in [0.15, 0.2) is 18.5 Å². The fraction of sp³-hybridized carbons (Fsp3) is 0.588. The lowest BCUT2D eigenvalue weighted by atomic mass is 10.1. The van der Waals surface area contributed by atoms with Gasteiger partial charge < -0.3 is 9.80 Å². The second-order valence-electron chi connectivity index (χ2n) is 6.39. The zero-order valence-electron chi connectivity index (χ0n) is 13.9. The Morgan fingerprint density at radius 3 is 2.38 bits per heavy atom. The average Bonchev–Trinajstić information content (AvgIpc) is 3.15. The minimum atomic E-state index is -0.595. The van der Waals surface area contributed by atoms with Crippen molar-refractivity contribution < 1.29 is 14.0 Å². The van der Waals surface area contributed by atoms with Crippen molar-refractivity contribution in [1.82, 2.24) is 19.7 Å². The zero-order valence-corrected chi connectivity index (χ0v) is 13.9. The Hall–Kier alpha value is -2.02. The number of hydrogen-bond donors (Lipinski definition) is 0. The first-order valence-corrected chi connectivity index (χ1v) is 8.49. The number of piperazine rings is 1. The average molecular weight is 334 g/mol. The second kappa shape index (κ2) is 7.25. The number of likely N-dealkylation sites (tertiary alicyclic amines) is 1. The summed E-state index contributed by atoms with van der Waals surface area (Å²) in [7, 11) is 0. The van der Waals surface area contributed by atoms with E-state index in [9.17, 15) is 14.0 Å². The van der Waals surface area contributed by atoms with E-state index < -0.39 is 5.82 Å². The van der Waals surface area contributed by atoms with Gasteiger partial charge in [0.25, 0.3) is 5.91 Å². The van der Waals surface area contributed by atoms with Gasteiger partial charge in [-0.1, -0.05) is 0 Å². The summed E-state index contributed by atoms with van der Waals surface area (Å²) in [6.07, 6.45) is 4.64. The summed E-state index contributed by atoms with van der Waals surface area (Å²) in [4.78, 5) is 34.2. The van der Waals surface area contributed by atoms with E-state index in [0.717, 1.165) is 32.1 Å². The van der Waals surface area contributed by atoms with Gasteiger partial charge in [0.2, 0.25) is 5.91 Å². The van der Waals surface area contributed by atoms with E-state index in [1.165, 1.54) is 12.3 Å². The number of pyridine rings is 1. The van der Waals surface area contributed by atoms with Gasteiger partial charge in [0.05, 0.1) is 17.8 Å². The highest BCUT2D eigenvalue weighted by Gasteiger charge is 2.31. The van der Waals surface area contributed by atoms with Gasteiger partial charge in [-0.2, -0.15) is 0 Å². The van der Waals surface area contributed by atoms with Crippen molar-refractivity contribution in [3.63, 3.8) is 0 Å². The third-order valence-electron chi connectivity index (χ3n) is 4.93. The quantitative estimate of drug-likeness (QED) is 0.827. The Labute approximate surface area is 141 Å². The number of carbonyl (C=O) groups is 2. The van der Waals surface area contributed by atoms with Crippen LogP contribution in [0, 0.1) is 5.82 Å². The maximum Gasteiger partial charge on any atom is 0.257 e. The van der Waals surface area contributed by atoms with Crippen LogP contribution in [0.1, 0.15) is 30.1 Å². The lowest BCUT2D eigenvalue weighted by Crippen LogP contribution is -2.55. The van der Waals surface area contributed by atoms with E-state index in [-0.39, 0.29) is 23.4 Å². The molecule has 0 unspecified atom stereocenters. The third-order valence-corrected chi connectivity index (χ3v) is 4.93. The predicted octanol–water partition coefficient (Wildman–Crippen LogP) is 0.989. The number of aromatic nitrogens is 1. The first-order chi connectivity index (χ1) is 11.6. The Balaban J connectivity index is 1.56. The molecular formula is C17H23FN4O2. The summed E-state index contributed by atoms with van der Waals surface area (Å²) in [5.74, 6) is -0.733. The van der Waals surface area contributed by atoms with Crippen LogP contribution in [0.25, 0.3) is 0 Å². The summed E-state index contributed by atoms with van der Waals surface area (Å²) in [6, 6.07) is 1.24. The predicted molar refractivity (Wildman–Crippen MR) is 86.9 cm³/mol. The molecule has 2 aliphatic heterocycles. The molecule has 1 aromatic rings. The molecule has 0 radical (unpaired) electrons. The maximum atomic E-state index is 13.7. The van der Waals surface area contributed by atoms with Crippen molar-refractivity contribution >= 4 is 11.8 Å². The van der Waals surface area contributed by atoms with Gasteiger partial charge in [0.1, 0.15) is 0 Å². The molecule has 24 heavy (non-hydrogen) atoms. The molecular weight excluding hydrogens is 311 g/mol. The zero-order chi connectivity index (χ0) is 17.1. The molecule has 2 saturated heterocycles. The van der Waals surface area contributed by atoms with Gasteiger partial charge in [0.15, 0.2) is 5.82 Å². The smallest absolute Gasteiger partial charge is 0.257 e. The molecule has 2 amide bonds. The summed E-state index contributed by atoms with van der Waals surface area (Å²) < 4.78 is 13.7. The van der Waals surface area contributed by atoms with E-state index in [1.54, 1.807) is 4.90 Å². The molecule has 0 saturated carbocycles. The van der Waals surface area contributed by atoms with Crippen LogP contribution in [0.3, 0.4) is 0 Å². The number of amides is 2. The van der Waals surface area contributed by atoms with E-state index in [0.29, 0.717) is 26.2 Å². The number of rotatable bonds is 3. The van der Waals surface area contributed by atoms with Crippen LogP contribution in [0.2, 0.25) is 0 Å². The molecule has 0 bridgehead atoms. The van der Waals surface area contributed by atoms with Crippen LogP contribution in [0.4, 0.5) is 4.39 Å². The molecule has 130 valence electrons. The third kappa shape index (κ3) is 3.40. The van der Waals surface area contributed by atoms with Crippen molar-refractivity contribution in [3.05, 3.63) is 29.8 Å². The normalized spacial score (nSPS) is 20.2. The Morgan fingerprint density at radius 2 is 1.75 bits per heavy atom. The maximum absolute atomic E-state index is 13.7. The summed E-state index contributed by atoms with van der Waals surface area (Å²) in [5, 5.41) is 0. The molecule has 7 heteroatoms. The molecule has 1 atom stereocenters. The van der Waals surface area contributed by atoms with Gasteiger partial charge in [0, 0.05) is 45.5 Å². The van der Waals surface area contributed by atoms with Crippen molar-refractivity contribution in [2.45, 2.75) is 25.8 Å². The summed E-state index contributed by atoms with van der Waals surface area (Å²) in [5.41, 5.74) is 0.0552. The number of carbonyl (C=O) groups excluding carboxylic acids is 2. The topological polar surface area (TPSA) is 56.8 Å². The number of halogens is 1. The van der Waals surface area contributed by atoms with Crippen molar-refractivity contribution in [2.75, 3.05) is 39.3 Å². The fourth-order valence-corrected chi connectivity index (χ4v) is 3.39. The molecule has 0 N–H and O–H groups in total. The highest BCUT2D eigenvalue weighted by Crippen LogP contribution is 2.16. The number of hydrogen-bond acceptors (Lipinski definition) is 4. The van der Waals surface area contributed by atoms with Crippen molar-refractivity contribution in [2.24, 2.45) is 0 Å². The lowest BCUT2D eigenvalue weighted by molar-refractivity contribution is -0.135. The molecule has 2 aliphatic rings. The monoisotopic (exact) mass is 334 g/mol. The van der Waals surface area contributed by atoms with E-state index in [2.05, 4.69) is 9.88 Å². The van der Waals surface area contributed by atoms with Crippen LogP contribution in [0.5, 0.6) is 0 Å². The van der Waals surface area contributed by atoms with E-state index >= 15 is 0 Å². The van der Waals surface area contributed by atoms with E-state index in [1.807, 2.05) is 11.8 Å². The summed E-state index contributed by atoms with van der Waals surface area (Å²) in [6.45, 7) is 5.88. The molecule has 3 rings (SSSR count). The van der Waals surface area contributed by atoms with Crippen molar-refractivity contribution in [1.29, 1.82) is 0 Å². The molecule has 3 heterocycles. The number of nitrogens with zero attached hydrogens (tertiary/aromatic N) is 4. The van der Waals surface area contributed by atoms with Crippen LogP contribution >= 0.6 is 0 Å². The van der Waals surface area contributed by atoms with Gasteiger partial charge in [-0.05, 0) is 25.8 Å². The minimum Gasteiger partial charge on any atom is -0.341 e. The van der Waals surface area contributed by atoms with Gasteiger partial charge in [-0.25, -0.2) is 4.39 Å². The highest BCUT2D eigenvalue weighted by atomic mass is 19.1. The van der Waals surface area contributed by atoms with Gasteiger partial charge in [-0.15, -0.1) is 0 Å². The molecule has 0 aromatic carbocycles. The first-order valence-electron chi connectivity index (χ1n) is 8.49. The molecule has 0 aliphatic carbocycles. The van der Waals surface area contributed by atoms with Crippen molar-refractivity contribution in [3.8, 4) is 0 Å². The summed E-state index contributed by atoms with van der Waals surface area (Å²) >= 11 is 0. The molecule has 0 spiro atoms. The Kier molecular flexibility index (Phi) is 5.08. The molecule has 2 fully saturated rings. The van der Waals surface area contributed by atoms with Crippen LogP contribution in [-0.2, 0) is 4.79 Å². The molecule has 6 nitrogen and oxygen atoms in total. The van der Waals surface area contributed by atoms with Gasteiger partial charge >= 0.3 is 0 Å². The largest absolute Gasteiger partial charge is 0.341 e. The SMILES string of the molecule is C[C@@H](C(=O)N1CCCC1)N1CCN(C(=O)c2ccncc2F)CC1. The second-order valence-corrected chi connectivity index (χ2v) is 6.39.